The smallest absolute Gasteiger partial charge is 0.312 e. The number of allylic oxidation sites excluding steroid dienone is 1. The standard InChI is InChI=1S/C40H52ClN7O8/c1-25-12-14-26(15-13-25)24-47(2)38(54)30(10-7-20-43-40(42)56)45-36(52)32(22-28-17-16-27-8-3-4-9-29(27)28)46-37(53)33-11-5-6-21-48(33)39(55)31(18-19-35(50)51)44-34(49)23-41/h3-4,8-9,12-15,17,30-33H,5-7,10-11,16,18-24H2,1-2H3,(H,44,49)(H,45,52)(H,46,53)(H,50,51)(H3,42,43,56)/t30-,31-,32-,33-/m0/s1. The Morgan fingerprint density at radius 2 is 1.68 bits per heavy atom. The first-order valence-electron chi connectivity index (χ1n) is 18.9. The van der Waals surface area contributed by atoms with Crippen LogP contribution in [-0.4, -0.2) is 107 Å². The van der Waals surface area contributed by atoms with E-state index in [0.29, 0.717) is 25.7 Å². The number of primary amides is 1. The van der Waals surface area contributed by atoms with Crippen molar-refractivity contribution in [3.05, 3.63) is 76.9 Å². The van der Waals surface area contributed by atoms with Crippen LogP contribution in [0, 0.1) is 6.92 Å². The van der Waals surface area contributed by atoms with Gasteiger partial charge in [0.25, 0.3) is 0 Å². The van der Waals surface area contributed by atoms with Crippen molar-refractivity contribution in [3.63, 3.8) is 0 Å². The second kappa shape index (κ2) is 21.0. The number of urea groups is 1. The Labute approximate surface area is 331 Å². The van der Waals surface area contributed by atoms with Crippen molar-refractivity contribution in [1.82, 2.24) is 31.1 Å². The van der Waals surface area contributed by atoms with Gasteiger partial charge in [-0.3, -0.25) is 28.8 Å². The molecule has 15 nitrogen and oxygen atoms in total. The molecular weight excluding hydrogens is 742 g/mol. The Morgan fingerprint density at radius 3 is 2.38 bits per heavy atom. The van der Waals surface area contributed by atoms with E-state index < -0.39 is 72.1 Å². The number of aliphatic carboxylic acids is 1. The van der Waals surface area contributed by atoms with E-state index in [1.165, 1.54) is 9.80 Å². The summed E-state index contributed by atoms with van der Waals surface area (Å²) in [7, 11) is 1.64. The molecule has 2 aromatic rings. The zero-order valence-electron chi connectivity index (χ0n) is 31.9. The largest absolute Gasteiger partial charge is 0.481 e. The molecule has 1 saturated heterocycles. The Hall–Kier alpha value is -5.44. The molecule has 56 heavy (non-hydrogen) atoms. The number of carbonyl (C=O) groups excluding carboxylic acids is 6. The fraction of sp³-hybridized carbons (Fsp3) is 0.475. The summed E-state index contributed by atoms with van der Waals surface area (Å²) in [5, 5.41) is 20.0. The zero-order valence-corrected chi connectivity index (χ0v) is 32.6. The van der Waals surface area contributed by atoms with Crippen LogP contribution in [0.1, 0.15) is 73.6 Å². The number of fused-ring (bicyclic) bond motifs is 1. The maximum absolute atomic E-state index is 14.4. The molecule has 0 saturated carbocycles. The first kappa shape index (κ1) is 43.3. The number of rotatable bonds is 19. The van der Waals surface area contributed by atoms with Gasteiger partial charge in [-0.25, -0.2) is 4.79 Å². The van der Waals surface area contributed by atoms with Gasteiger partial charge in [0.15, 0.2) is 0 Å². The number of hydrogen-bond donors (Lipinski definition) is 6. The monoisotopic (exact) mass is 793 g/mol. The summed E-state index contributed by atoms with van der Waals surface area (Å²) in [5.74, 6) is -4.46. The Kier molecular flexibility index (Phi) is 16.3. The van der Waals surface area contributed by atoms with Crippen molar-refractivity contribution in [2.75, 3.05) is 26.0 Å². The maximum Gasteiger partial charge on any atom is 0.312 e. The minimum absolute atomic E-state index is 0.0889. The average Bonchev–Trinajstić information content (AvgIpc) is 3.59. The van der Waals surface area contributed by atoms with Gasteiger partial charge in [-0.15, -0.1) is 11.6 Å². The molecule has 0 spiro atoms. The molecule has 302 valence electrons. The summed E-state index contributed by atoms with van der Waals surface area (Å²) in [6, 6.07) is 10.3. The van der Waals surface area contributed by atoms with Gasteiger partial charge in [0.05, 0.1) is 0 Å². The lowest BCUT2D eigenvalue weighted by Crippen LogP contribution is -2.60. The first-order chi connectivity index (χ1) is 26.8. The van der Waals surface area contributed by atoms with Gasteiger partial charge in [0, 0.05) is 39.5 Å². The number of likely N-dealkylation sites (N-methyl/N-ethyl adjacent to an activating group) is 1. The van der Waals surface area contributed by atoms with E-state index in [2.05, 4.69) is 21.3 Å². The predicted molar refractivity (Wildman–Crippen MR) is 210 cm³/mol. The van der Waals surface area contributed by atoms with Crippen LogP contribution < -0.4 is 27.0 Å². The molecule has 2 aromatic carbocycles. The number of alkyl halides is 1. The molecule has 16 heteroatoms. The topological polar surface area (TPSA) is 220 Å². The third-order valence-corrected chi connectivity index (χ3v) is 10.2. The van der Waals surface area contributed by atoms with Crippen LogP contribution in [0.5, 0.6) is 0 Å². The summed E-state index contributed by atoms with van der Waals surface area (Å²) in [6.45, 7) is 2.59. The number of benzene rings is 2. The van der Waals surface area contributed by atoms with Crippen LogP contribution in [-0.2, 0) is 41.7 Å². The second-order valence-corrected chi connectivity index (χ2v) is 14.5. The summed E-state index contributed by atoms with van der Waals surface area (Å²) >= 11 is 5.67. The number of hydrogen-bond acceptors (Lipinski definition) is 7. The number of nitrogens with one attached hydrogen (secondary N) is 4. The highest BCUT2D eigenvalue weighted by Crippen LogP contribution is 2.31. The van der Waals surface area contributed by atoms with Gasteiger partial charge < -0.3 is 41.9 Å². The minimum Gasteiger partial charge on any atom is -0.481 e. The number of likely N-dealkylation sites (tertiary alicyclic amines) is 1. The van der Waals surface area contributed by atoms with Crippen molar-refractivity contribution < 1.29 is 38.7 Å². The van der Waals surface area contributed by atoms with E-state index in [1.807, 2.05) is 61.5 Å². The number of carbonyl (C=O) groups is 7. The van der Waals surface area contributed by atoms with Crippen LogP contribution in [0.3, 0.4) is 0 Å². The Balaban J connectivity index is 1.59. The normalized spacial score (nSPS) is 16.3. The molecule has 0 unspecified atom stereocenters. The van der Waals surface area contributed by atoms with E-state index in [1.54, 1.807) is 7.05 Å². The second-order valence-electron chi connectivity index (χ2n) is 14.3. The lowest BCUT2D eigenvalue weighted by molar-refractivity contribution is -0.146. The predicted octanol–water partition coefficient (Wildman–Crippen LogP) is 2.37. The van der Waals surface area contributed by atoms with Crippen molar-refractivity contribution in [2.24, 2.45) is 5.73 Å². The molecule has 0 aromatic heterocycles. The summed E-state index contributed by atoms with van der Waals surface area (Å²) < 4.78 is 0. The minimum atomic E-state index is -1.22. The third-order valence-electron chi connectivity index (χ3n) is 9.98. The first-order valence-corrected chi connectivity index (χ1v) is 19.4. The molecule has 0 radical (unpaired) electrons. The molecule has 1 aliphatic carbocycles. The average molecular weight is 794 g/mol. The van der Waals surface area contributed by atoms with Crippen LogP contribution >= 0.6 is 11.6 Å². The van der Waals surface area contributed by atoms with Gasteiger partial charge >= 0.3 is 12.0 Å². The summed E-state index contributed by atoms with van der Waals surface area (Å²) in [6.07, 6.45) is 4.04. The van der Waals surface area contributed by atoms with Crippen LogP contribution in [0.25, 0.3) is 5.57 Å². The molecule has 1 heterocycles. The number of halogens is 1. The van der Waals surface area contributed by atoms with Gasteiger partial charge in [-0.2, -0.15) is 0 Å². The molecule has 4 rings (SSSR count). The van der Waals surface area contributed by atoms with Gasteiger partial charge in [0.1, 0.15) is 30.0 Å². The zero-order chi connectivity index (χ0) is 40.8. The SMILES string of the molecule is Cc1ccc(CN(C)C(=O)[C@H](CCCNC(N)=O)NC(=O)[C@H](CC2=CCc3ccccc32)NC(=O)[C@@H]2CCCCN2C(=O)[C@H](CCC(=O)O)NC(=O)CCl)cc1. The Bertz CT molecular complexity index is 1790. The van der Waals surface area contributed by atoms with Crippen LogP contribution in [0.15, 0.2) is 54.6 Å². The van der Waals surface area contributed by atoms with Gasteiger partial charge in [-0.05, 0) is 74.1 Å². The fourth-order valence-electron chi connectivity index (χ4n) is 7.03. The molecule has 7 amide bonds. The molecular formula is C40H52ClN7O8. The molecule has 1 fully saturated rings. The summed E-state index contributed by atoms with van der Waals surface area (Å²) in [5.41, 5.74) is 10.0. The number of piperidine rings is 1. The van der Waals surface area contributed by atoms with Crippen molar-refractivity contribution in [1.29, 1.82) is 0 Å². The molecule has 7 N–H and O–H groups in total. The maximum atomic E-state index is 14.4. The van der Waals surface area contributed by atoms with Crippen molar-refractivity contribution >= 4 is 58.7 Å². The van der Waals surface area contributed by atoms with Crippen molar-refractivity contribution in [2.45, 2.75) is 95.4 Å². The highest BCUT2D eigenvalue weighted by Gasteiger charge is 2.38. The van der Waals surface area contributed by atoms with E-state index in [4.69, 9.17) is 17.3 Å². The number of carboxylic acid groups (broad SMARTS) is 1. The quantitative estimate of drug-likeness (QED) is 0.0914. The van der Waals surface area contributed by atoms with Gasteiger partial charge in [0.2, 0.25) is 29.5 Å². The number of aryl methyl sites for hydroxylation is 1. The van der Waals surface area contributed by atoms with E-state index >= 15 is 0 Å². The molecule has 4 atom stereocenters. The fourth-order valence-corrected chi connectivity index (χ4v) is 7.11. The van der Waals surface area contributed by atoms with E-state index in [0.717, 1.165) is 27.8 Å². The lowest BCUT2D eigenvalue weighted by Gasteiger charge is -2.37. The highest BCUT2D eigenvalue weighted by molar-refractivity contribution is 6.27. The number of nitrogens with zero attached hydrogens (tertiary/aromatic N) is 2. The summed E-state index contributed by atoms with van der Waals surface area (Å²) in [4.78, 5) is 94.1. The molecule has 1 aliphatic heterocycles. The Morgan fingerprint density at radius 1 is 0.946 bits per heavy atom. The number of amides is 7. The van der Waals surface area contributed by atoms with Crippen LogP contribution in [0.4, 0.5) is 4.79 Å². The number of carboxylic acids is 1. The van der Waals surface area contributed by atoms with Crippen LogP contribution in [0.2, 0.25) is 0 Å². The van der Waals surface area contributed by atoms with E-state index in [-0.39, 0.29) is 51.2 Å². The molecule has 0 bridgehead atoms. The molecule has 2 aliphatic rings. The number of nitrogens with two attached hydrogens (primary N) is 1. The highest BCUT2D eigenvalue weighted by atomic mass is 35.5. The lowest BCUT2D eigenvalue weighted by atomic mass is 9.96. The van der Waals surface area contributed by atoms with E-state index in [9.17, 15) is 38.7 Å². The third kappa shape index (κ3) is 12.5. The van der Waals surface area contributed by atoms with Crippen molar-refractivity contribution in [3.8, 4) is 0 Å². The van der Waals surface area contributed by atoms with Gasteiger partial charge in [-0.1, -0.05) is 60.2 Å².